The van der Waals surface area contributed by atoms with E-state index in [4.69, 9.17) is 44.2 Å². The van der Waals surface area contributed by atoms with E-state index in [-0.39, 0.29) is 39.0 Å². The molecule has 2 aliphatic rings. The molecule has 0 atom stereocenters. The summed E-state index contributed by atoms with van der Waals surface area (Å²) in [5.41, 5.74) is 54.0. The van der Waals surface area contributed by atoms with Crippen LogP contribution in [0.2, 0.25) is 0 Å². The van der Waals surface area contributed by atoms with E-state index in [0.29, 0.717) is 0 Å². The summed E-state index contributed by atoms with van der Waals surface area (Å²) in [6, 6.07) is 0. The fraction of sp³-hybridized carbons (Fsp3) is 0.500. The molecule has 2 rings (SSSR count). The van der Waals surface area contributed by atoms with E-state index >= 15 is 0 Å². The molecule has 0 amide bonds. The average molecular weight is 644 g/mol. The largest absolute Gasteiger partial charge is 2.00 e. The van der Waals surface area contributed by atoms with E-state index in [1.165, 1.54) is 78.8 Å². The molecule has 0 aliphatic heterocycles. The Morgan fingerprint density at radius 1 is 0.265 bits per heavy atom. The van der Waals surface area contributed by atoms with Crippen LogP contribution in [0.4, 0.5) is 0 Å². The fourth-order valence-corrected chi connectivity index (χ4v) is 2.81. The Hall–Kier alpha value is -1.51. The molecular weight excluding hydrogens is 614 g/mol. The van der Waals surface area contributed by atoms with Crippen LogP contribution in [-0.4, -0.2) is 0 Å². The van der Waals surface area contributed by atoms with Gasteiger partial charge >= 0.3 is 39.0 Å². The molecule has 14 heteroatoms. The van der Waals surface area contributed by atoms with Crippen LogP contribution in [0.15, 0.2) is 0 Å². The monoisotopic (exact) mass is 644 g/mol. The summed E-state index contributed by atoms with van der Waals surface area (Å²) in [5, 5.41) is 0. The maximum absolute atomic E-state index is 6.75. The standard InChI is InChI=1S/2C10H15.4N3.2Rh/c2*1-6-7(2)9(4)10(5)8(6)3;4*1-3-2;;/h2*1-5H3;;;;;;/q;;4*-1;2*+2. The predicted molar refractivity (Wildman–Crippen MR) is 129 cm³/mol. The maximum atomic E-state index is 6.75. The van der Waals surface area contributed by atoms with Crippen LogP contribution in [0.5, 0.6) is 0 Å². The number of hydrogen-bond donors (Lipinski definition) is 0. The molecule has 188 valence electrons. The van der Waals surface area contributed by atoms with E-state index in [9.17, 15) is 0 Å². The predicted octanol–water partition coefficient (Wildman–Crippen LogP) is 9.40. The van der Waals surface area contributed by atoms with Crippen molar-refractivity contribution in [2.75, 3.05) is 0 Å². The molecule has 0 spiro atoms. The summed E-state index contributed by atoms with van der Waals surface area (Å²) in [7, 11) is 0. The maximum Gasteiger partial charge on any atom is 2.00 e. The Kier molecular flexibility index (Phi) is 37.4. The molecule has 0 aromatic carbocycles. The Labute approximate surface area is 230 Å². The van der Waals surface area contributed by atoms with E-state index in [0.717, 1.165) is 0 Å². The Morgan fingerprint density at radius 3 is 0.324 bits per heavy atom. The minimum atomic E-state index is 0. The smallest absolute Gasteiger partial charge is 0.373 e. The topological polar surface area (TPSA) is 235 Å². The Morgan fingerprint density at radius 2 is 0.294 bits per heavy atom. The normalized spacial score (nSPS) is 17.7. The summed E-state index contributed by atoms with van der Waals surface area (Å²) in [6.07, 6.45) is 0. The van der Waals surface area contributed by atoms with Crippen molar-refractivity contribution in [3.05, 3.63) is 123 Å². The van der Waals surface area contributed by atoms with Crippen molar-refractivity contribution in [3.63, 3.8) is 0 Å². The van der Waals surface area contributed by atoms with Crippen molar-refractivity contribution >= 4 is 0 Å². The van der Waals surface area contributed by atoms with Gasteiger partial charge in [0.05, 0.1) is 0 Å². The molecule has 34 heavy (non-hydrogen) atoms. The van der Waals surface area contributed by atoms with Crippen molar-refractivity contribution in [1.82, 2.24) is 0 Å². The second-order valence-corrected chi connectivity index (χ2v) is 6.61. The van der Waals surface area contributed by atoms with Crippen molar-refractivity contribution in [2.45, 2.75) is 69.2 Å². The zero-order valence-electron chi connectivity index (χ0n) is 21.0. The third kappa shape index (κ3) is 17.9. The molecule has 0 aromatic heterocycles. The van der Waals surface area contributed by atoms with Crippen LogP contribution >= 0.6 is 0 Å². The van der Waals surface area contributed by atoms with Crippen LogP contribution in [0.3, 0.4) is 0 Å². The summed E-state index contributed by atoms with van der Waals surface area (Å²) >= 11 is 0. The fourth-order valence-electron chi connectivity index (χ4n) is 2.81. The van der Waals surface area contributed by atoms with Gasteiger partial charge in [-0.15, -0.1) is 0 Å². The van der Waals surface area contributed by atoms with E-state index in [1.54, 1.807) is 0 Å². The van der Waals surface area contributed by atoms with Crippen LogP contribution in [-0.2, 0) is 39.0 Å². The number of nitrogens with zero attached hydrogens (tertiary/aromatic N) is 12. The number of rotatable bonds is 0. The summed E-state index contributed by atoms with van der Waals surface area (Å²) < 4.78 is 0. The van der Waals surface area contributed by atoms with Gasteiger partial charge in [0.1, 0.15) is 0 Å². The third-order valence-corrected chi connectivity index (χ3v) is 5.62. The van der Waals surface area contributed by atoms with Gasteiger partial charge in [0.2, 0.25) is 0 Å². The van der Waals surface area contributed by atoms with Crippen molar-refractivity contribution in [3.8, 4) is 0 Å². The number of hydrogen-bond acceptors (Lipinski definition) is 0. The molecule has 2 saturated carbocycles. The molecule has 0 N–H and O–H groups in total. The summed E-state index contributed by atoms with van der Waals surface area (Å²) in [5.74, 6) is 14.7. The van der Waals surface area contributed by atoms with Crippen LogP contribution in [0, 0.1) is 59.2 Å². The summed E-state index contributed by atoms with van der Waals surface area (Å²) in [4.78, 5) is 6.00. The van der Waals surface area contributed by atoms with Gasteiger partial charge in [-0.3, -0.25) is 19.6 Å². The first-order chi connectivity index (χ1) is 14.8. The molecule has 0 bridgehead atoms. The van der Waals surface area contributed by atoms with Crippen molar-refractivity contribution < 1.29 is 39.0 Å². The first kappa shape index (κ1) is 45.9. The zero-order chi connectivity index (χ0) is 26.6. The van der Waals surface area contributed by atoms with E-state index < -0.39 is 0 Å². The van der Waals surface area contributed by atoms with Crippen molar-refractivity contribution in [1.29, 1.82) is 0 Å². The SMILES string of the molecule is C[C]1[C](C)[C](C)[C](C)[C]1C.C[C]1[C](C)[C](C)[C](C)[C]1C.[N-]=[N+]=[N-].[N-]=[N+]=[N-].[N-]=[N+]=[N-].[N-]=[N+]=[N-].[Rh+2].[Rh+2]. The van der Waals surface area contributed by atoms with Crippen LogP contribution in [0.1, 0.15) is 69.2 Å². The minimum absolute atomic E-state index is 0. The Balaban J connectivity index is -0.0000000764. The molecule has 12 nitrogen and oxygen atoms in total. The van der Waals surface area contributed by atoms with Gasteiger partial charge in [-0.2, -0.15) is 0 Å². The van der Waals surface area contributed by atoms with Gasteiger partial charge in [-0.1, -0.05) is 69.2 Å². The van der Waals surface area contributed by atoms with Crippen LogP contribution < -0.4 is 0 Å². The quantitative estimate of drug-likeness (QED) is 0.104. The van der Waals surface area contributed by atoms with Crippen molar-refractivity contribution in [2.24, 2.45) is 0 Å². The molecule has 12 radical (unpaired) electrons. The molecule has 0 aromatic rings. The van der Waals surface area contributed by atoms with Gasteiger partial charge in [0, 0.05) is 0 Å². The molecule has 0 heterocycles. The van der Waals surface area contributed by atoms with Gasteiger partial charge in [-0.05, 0) is 59.2 Å². The molecule has 2 fully saturated rings. The van der Waals surface area contributed by atoms with E-state index in [1.807, 2.05) is 0 Å². The molecular formula is C20H30N12Rh2. The van der Waals surface area contributed by atoms with E-state index in [2.05, 4.69) is 69.2 Å². The minimum Gasteiger partial charge on any atom is -0.373 e. The van der Waals surface area contributed by atoms with Crippen LogP contribution in [0.25, 0.3) is 63.9 Å². The second kappa shape index (κ2) is 27.7. The first-order valence-electron chi connectivity index (χ1n) is 9.10. The molecule has 2 aliphatic carbocycles. The summed E-state index contributed by atoms with van der Waals surface area (Å²) in [6.45, 7) is 22.0. The van der Waals surface area contributed by atoms with Gasteiger partial charge in [0.15, 0.2) is 0 Å². The average Bonchev–Trinajstić information content (AvgIpc) is 3.01. The second-order valence-electron chi connectivity index (χ2n) is 6.61. The van der Waals surface area contributed by atoms with Gasteiger partial charge in [0.25, 0.3) is 0 Å². The van der Waals surface area contributed by atoms with Gasteiger partial charge < -0.3 is 44.2 Å². The first-order valence-corrected chi connectivity index (χ1v) is 9.10. The third-order valence-electron chi connectivity index (χ3n) is 5.62. The zero-order valence-corrected chi connectivity index (χ0v) is 24.3. The molecule has 0 saturated heterocycles. The molecule has 0 unspecified atom stereocenters. The Bertz CT molecular complexity index is 455. The van der Waals surface area contributed by atoms with Gasteiger partial charge in [-0.25, -0.2) is 0 Å².